The first-order chi connectivity index (χ1) is 14.0. The average molecular weight is 422 g/mol. The Morgan fingerprint density at radius 2 is 2.00 bits per heavy atom. The fourth-order valence-corrected chi connectivity index (χ4v) is 4.38. The van der Waals surface area contributed by atoms with Crippen LogP contribution in [0.4, 0.5) is 11.4 Å². The Morgan fingerprint density at radius 3 is 2.63 bits per heavy atom. The van der Waals surface area contributed by atoms with Crippen LogP contribution < -0.4 is 10.2 Å². The summed E-state index contributed by atoms with van der Waals surface area (Å²) in [6, 6.07) is 11.7. The molecule has 156 valence electrons. The van der Waals surface area contributed by atoms with Crippen LogP contribution in [-0.2, 0) is 4.79 Å². The summed E-state index contributed by atoms with van der Waals surface area (Å²) in [5, 5.41) is 13.0. The molecule has 0 spiro atoms. The van der Waals surface area contributed by atoms with Crippen molar-refractivity contribution in [2.45, 2.75) is 52.5 Å². The lowest BCUT2D eigenvalue weighted by Crippen LogP contribution is -2.45. The number of amides is 1. The lowest BCUT2D eigenvalue weighted by Gasteiger charge is -2.45. The van der Waals surface area contributed by atoms with Crippen LogP contribution in [0.1, 0.15) is 55.4 Å². The highest BCUT2D eigenvalue weighted by atomic mass is 35.5. The van der Waals surface area contributed by atoms with E-state index in [9.17, 15) is 10.1 Å². The molecule has 0 radical (unpaired) electrons. The molecule has 1 unspecified atom stereocenters. The molecule has 0 fully saturated rings. The van der Waals surface area contributed by atoms with Gasteiger partial charge in [0.05, 0.1) is 0 Å². The summed E-state index contributed by atoms with van der Waals surface area (Å²) >= 11 is 6.56. The predicted molar refractivity (Wildman–Crippen MR) is 125 cm³/mol. The number of rotatable bonds is 3. The smallest absolute Gasteiger partial charge is 0.266 e. The molecule has 1 N–H and O–H groups in total. The number of hydrogen-bond donors (Lipinski definition) is 1. The van der Waals surface area contributed by atoms with Crippen molar-refractivity contribution in [2.75, 3.05) is 17.3 Å². The first kappa shape index (κ1) is 21.9. The maximum Gasteiger partial charge on any atom is 0.266 e. The van der Waals surface area contributed by atoms with Gasteiger partial charge in [0.1, 0.15) is 11.6 Å². The molecule has 2 aromatic rings. The second kappa shape index (κ2) is 8.16. The van der Waals surface area contributed by atoms with Crippen LogP contribution in [0.15, 0.2) is 35.9 Å². The Hall–Kier alpha value is -2.77. The molecule has 1 aliphatic heterocycles. The molecule has 30 heavy (non-hydrogen) atoms. The van der Waals surface area contributed by atoms with E-state index < -0.39 is 5.91 Å². The summed E-state index contributed by atoms with van der Waals surface area (Å²) in [7, 11) is 2.08. The van der Waals surface area contributed by atoms with Gasteiger partial charge in [-0.1, -0.05) is 36.2 Å². The van der Waals surface area contributed by atoms with Gasteiger partial charge >= 0.3 is 0 Å². The van der Waals surface area contributed by atoms with Crippen LogP contribution in [0.25, 0.3) is 6.08 Å². The minimum atomic E-state index is -0.440. The summed E-state index contributed by atoms with van der Waals surface area (Å²) < 4.78 is 0. The number of anilines is 2. The van der Waals surface area contributed by atoms with E-state index in [0.29, 0.717) is 22.2 Å². The number of nitriles is 1. The van der Waals surface area contributed by atoms with Gasteiger partial charge in [0.15, 0.2) is 0 Å². The number of fused-ring (bicyclic) bond motifs is 1. The van der Waals surface area contributed by atoms with Crippen molar-refractivity contribution < 1.29 is 4.79 Å². The Labute approximate surface area is 184 Å². The topological polar surface area (TPSA) is 56.1 Å². The molecule has 1 heterocycles. The largest absolute Gasteiger partial charge is 0.369 e. The zero-order chi connectivity index (χ0) is 22.2. The van der Waals surface area contributed by atoms with Crippen molar-refractivity contribution >= 4 is 35.0 Å². The molecule has 0 aromatic heterocycles. The van der Waals surface area contributed by atoms with Gasteiger partial charge < -0.3 is 10.2 Å². The highest BCUT2D eigenvalue weighted by Crippen LogP contribution is 2.44. The maximum absolute atomic E-state index is 12.7. The molecule has 1 aliphatic rings. The first-order valence-corrected chi connectivity index (χ1v) is 10.5. The van der Waals surface area contributed by atoms with E-state index in [1.165, 1.54) is 5.56 Å². The molecule has 1 amide bonds. The van der Waals surface area contributed by atoms with Crippen molar-refractivity contribution in [3.8, 4) is 6.07 Å². The number of aryl methyl sites for hydroxylation is 2. The Kier molecular flexibility index (Phi) is 5.97. The first-order valence-electron chi connectivity index (χ1n) is 10.1. The molecule has 5 heteroatoms. The van der Waals surface area contributed by atoms with Gasteiger partial charge in [0.2, 0.25) is 0 Å². The number of hydrogen-bond acceptors (Lipinski definition) is 3. The predicted octanol–water partition coefficient (Wildman–Crippen LogP) is 6.22. The van der Waals surface area contributed by atoms with E-state index in [4.69, 9.17) is 11.6 Å². The van der Waals surface area contributed by atoms with E-state index in [1.54, 1.807) is 6.08 Å². The van der Waals surface area contributed by atoms with Crippen molar-refractivity contribution in [3.63, 3.8) is 0 Å². The van der Waals surface area contributed by atoms with Gasteiger partial charge in [-0.2, -0.15) is 5.26 Å². The molecule has 0 saturated heterocycles. The summed E-state index contributed by atoms with van der Waals surface area (Å²) in [5.74, 6) is -0.0882. The number of carbonyl (C=O) groups is 1. The van der Waals surface area contributed by atoms with Crippen LogP contribution in [0.3, 0.4) is 0 Å². The van der Waals surface area contributed by atoms with Gasteiger partial charge in [-0.25, -0.2) is 0 Å². The molecular formula is C25H28ClN3O. The number of nitrogens with zero attached hydrogens (tertiary/aromatic N) is 2. The molecule has 3 rings (SSSR count). The zero-order valence-electron chi connectivity index (χ0n) is 18.4. The van der Waals surface area contributed by atoms with Gasteiger partial charge in [0.25, 0.3) is 5.91 Å². The fourth-order valence-electron chi connectivity index (χ4n) is 4.16. The van der Waals surface area contributed by atoms with Crippen molar-refractivity contribution in [1.82, 2.24) is 0 Å². The summed E-state index contributed by atoms with van der Waals surface area (Å²) in [6.07, 6.45) is 2.59. The SMILES string of the molecule is Cc1ccc(NC(=O)/C(C#N)=C\c2cc3c(cc2Cl)N(C)C(C)(C)CC3C)c(C)c1. The van der Waals surface area contributed by atoms with Crippen LogP contribution >= 0.6 is 11.6 Å². The third-order valence-corrected chi connectivity index (χ3v) is 6.37. The maximum atomic E-state index is 12.7. The van der Waals surface area contributed by atoms with Gasteiger partial charge in [-0.3, -0.25) is 4.79 Å². The quantitative estimate of drug-likeness (QED) is 0.472. The second-order valence-electron chi connectivity index (χ2n) is 8.85. The van der Waals surface area contributed by atoms with Crippen LogP contribution in [-0.4, -0.2) is 18.5 Å². The molecule has 1 atom stereocenters. The minimum Gasteiger partial charge on any atom is -0.369 e. The van der Waals surface area contributed by atoms with E-state index >= 15 is 0 Å². The Balaban J connectivity index is 1.96. The normalized spacial score (nSPS) is 17.9. The van der Waals surface area contributed by atoms with Gasteiger partial charge in [-0.05, 0) is 81.0 Å². The van der Waals surface area contributed by atoms with Crippen molar-refractivity contribution in [3.05, 3.63) is 63.2 Å². The number of carbonyl (C=O) groups excluding carboxylic acids is 1. The summed E-state index contributed by atoms with van der Waals surface area (Å²) in [5.41, 5.74) is 5.78. The van der Waals surface area contributed by atoms with Crippen LogP contribution in [0.2, 0.25) is 5.02 Å². The lowest BCUT2D eigenvalue weighted by molar-refractivity contribution is -0.112. The number of nitrogens with one attached hydrogen (secondary N) is 1. The fraction of sp³-hybridized carbons (Fsp3) is 0.360. The molecule has 4 nitrogen and oxygen atoms in total. The average Bonchev–Trinajstić information content (AvgIpc) is 2.66. The highest BCUT2D eigenvalue weighted by Gasteiger charge is 2.34. The third-order valence-electron chi connectivity index (χ3n) is 6.05. The van der Waals surface area contributed by atoms with E-state index in [-0.39, 0.29) is 11.1 Å². The van der Waals surface area contributed by atoms with Gasteiger partial charge in [-0.15, -0.1) is 0 Å². The standard InChI is InChI=1S/C25H28ClN3O/c1-15-7-8-22(16(2)9-15)28-24(30)19(14-27)10-18-11-20-17(3)13-25(4,5)29(6)23(20)12-21(18)26/h7-12,17H,13H2,1-6H3,(H,28,30)/b19-10-. The summed E-state index contributed by atoms with van der Waals surface area (Å²) in [6.45, 7) is 10.6. The van der Waals surface area contributed by atoms with E-state index in [0.717, 1.165) is 23.2 Å². The van der Waals surface area contributed by atoms with Gasteiger partial charge in [0, 0.05) is 29.0 Å². The Bertz CT molecular complexity index is 1080. The Morgan fingerprint density at radius 1 is 1.30 bits per heavy atom. The molecule has 0 saturated carbocycles. The number of benzene rings is 2. The lowest BCUT2D eigenvalue weighted by atomic mass is 9.80. The zero-order valence-corrected chi connectivity index (χ0v) is 19.2. The van der Waals surface area contributed by atoms with E-state index in [2.05, 4.69) is 38.0 Å². The number of halogens is 1. The van der Waals surface area contributed by atoms with Crippen molar-refractivity contribution in [2.24, 2.45) is 0 Å². The van der Waals surface area contributed by atoms with E-state index in [1.807, 2.05) is 50.2 Å². The minimum absolute atomic E-state index is 0.0222. The van der Waals surface area contributed by atoms with Crippen LogP contribution in [0.5, 0.6) is 0 Å². The van der Waals surface area contributed by atoms with Crippen molar-refractivity contribution in [1.29, 1.82) is 5.26 Å². The second-order valence-corrected chi connectivity index (χ2v) is 9.26. The third kappa shape index (κ3) is 4.22. The molecule has 0 bridgehead atoms. The molecule has 0 aliphatic carbocycles. The molecule has 2 aromatic carbocycles. The highest BCUT2D eigenvalue weighted by molar-refractivity contribution is 6.32. The summed E-state index contributed by atoms with van der Waals surface area (Å²) in [4.78, 5) is 15.0. The molecular weight excluding hydrogens is 394 g/mol. The monoisotopic (exact) mass is 421 g/mol. The van der Waals surface area contributed by atoms with Crippen LogP contribution in [0, 0.1) is 25.2 Å².